The van der Waals surface area contributed by atoms with Crippen LogP contribution >= 0.6 is 23.5 Å². The highest BCUT2D eigenvalue weighted by Gasteiger charge is 2.24. The van der Waals surface area contributed by atoms with Crippen molar-refractivity contribution in [2.75, 3.05) is 50.0 Å². The van der Waals surface area contributed by atoms with Gasteiger partial charge in [0, 0.05) is 38.1 Å². The molecule has 1 N–H and O–H groups in total. The lowest BCUT2D eigenvalue weighted by atomic mass is 10.2. The number of para-hydroxylation sites is 1. The van der Waals surface area contributed by atoms with Crippen molar-refractivity contribution in [1.29, 1.82) is 0 Å². The molecule has 1 aromatic heterocycles. The van der Waals surface area contributed by atoms with E-state index < -0.39 is 5.97 Å². The summed E-state index contributed by atoms with van der Waals surface area (Å²) in [5, 5.41) is 0.574. The number of piperazine rings is 1. The Bertz CT molecular complexity index is 935. The Labute approximate surface area is 184 Å². The van der Waals surface area contributed by atoms with Crippen LogP contribution in [-0.4, -0.2) is 61.5 Å². The Hall–Kier alpha value is -2.65. The number of esters is 1. The number of carbonyl (C=O) groups excluding carboxylic acids is 2. The quantitative estimate of drug-likeness (QED) is 0.543. The zero-order valence-electron chi connectivity index (χ0n) is 17.0. The lowest BCUT2D eigenvalue weighted by Crippen LogP contribution is -2.48. The molecule has 2 heterocycles. The molecule has 0 aliphatic carbocycles. The van der Waals surface area contributed by atoms with Crippen LogP contribution < -0.4 is 14.4 Å². The van der Waals surface area contributed by atoms with E-state index in [0.29, 0.717) is 54.0 Å². The number of ether oxygens (including phenoxy) is 2. The number of nitrogens with zero attached hydrogens (tertiary/aromatic N) is 3. The topological polar surface area (TPSA) is 84.0 Å². The number of benzene rings is 1. The molecule has 0 bridgehead atoms. The molecule has 1 fully saturated rings. The predicted molar refractivity (Wildman–Crippen MR) is 119 cm³/mol. The molecule has 0 saturated carbocycles. The van der Waals surface area contributed by atoms with Crippen LogP contribution in [-0.2, 0) is 4.74 Å². The fraction of sp³-hybridized carbons (Fsp3) is 0.350. The van der Waals surface area contributed by atoms with Crippen LogP contribution in [0.1, 0.15) is 16.1 Å². The normalized spacial score (nSPS) is 13.7. The first-order chi connectivity index (χ1) is 14.4. The van der Waals surface area contributed by atoms with E-state index in [9.17, 15) is 9.59 Å². The Kier molecular flexibility index (Phi) is 7.28. The summed E-state index contributed by atoms with van der Waals surface area (Å²) in [6, 6.07) is 9.26. The van der Waals surface area contributed by atoms with E-state index in [0.717, 1.165) is 17.6 Å². The van der Waals surface area contributed by atoms with Gasteiger partial charge < -0.3 is 24.0 Å². The van der Waals surface area contributed by atoms with Gasteiger partial charge in [-0.3, -0.25) is 4.79 Å². The molecule has 0 spiro atoms. The van der Waals surface area contributed by atoms with E-state index in [4.69, 9.17) is 21.1 Å². The number of carbonyl (C=O) groups is 2. The molecule has 0 radical (unpaired) electrons. The van der Waals surface area contributed by atoms with Crippen molar-refractivity contribution in [3.8, 4) is 5.88 Å². The number of hydrogen-bond donors (Lipinski definition) is 1. The van der Waals surface area contributed by atoms with Crippen LogP contribution in [0.25, 0.3) is 0 Å². The standard InChI is InChI=1S/C20H23ClN4O4S/c1-13-14(19(26)29-3)12-16(18(22-13)28-2)23-30-20(27)25-10-8-24(9-11-25)17-7-5-4-6-15(17)21/h4-7,12,23H,8-11H2,1-3H3. The number of anilines is 2. The maximum absolute atomic E-state index is 12.7. The molecule has 30 heavy (non-hydrogen) atoms. The molecule has 0 unspecified atom stereocenters. The highest BCUT2D eigenvalue weighted by Crippen LogP contribution is 2.29. The van der Waals surface area contributed by atoms with Crippen molar-refractivity contribution in [3.05, 3.63) is 46.6 Å². The van der Waals surface area contributed by atoms with Gasteiger partial charge in [-0.2, -0.15) is 0 Å². The second kappa shape index (κ2) is 9.90. The second-order valence-corrected chi connectivity index (χ2v) is 7.73. The number of methoxy groups -OCH3 is 2. The fourth-order valence-corrected chi connectivity index (χ4v) is 4.04. The van der Waals surface area contributed by atoms with E-state index >= 15 is 0 Å². The van der Waals surface area contributed by atoms with Crippen LogP contribution in [0.4, 0.5) is 16.2 Å². The van der Waals surface area contributed by atoms with Crippen molar-refractivity contribution in [2.24, 2.45) is 0 Å². The minimum atomic E-state index is -0.502. The molecule has 0 atom stereocenters. The molecule has 1 saturated heterocycles. The molecule has 1 aliphatic heterocycles. The van der Waals surface area contributed by atoms with Crippen molar-refractivity contribution in [3.63, 3.8) is 0 Å². The molecule has 2 aromatic rings. The summed E-state index contributed by atoms with van der Waals surface area (Å²) in [5.74, 6) is -0.207. The Morgan fingerprint density at radius 1 is 1.17 bits per heavy atom. The lowest BCUT2D eigenvalue weighted by molar-refractivity contribution is 0.0599. The minimum Gasteiger partial charge on any atom is -0.479 e. The van der Waals surface area contributed by atoms with Gasteiger partial charge in [-0.15, -0.1) is 0 Å². The Morgan fingerprint density at radius 2 is 1.87 bits per heavy atom. The molecular formula is C20H23ClN4O4S. The van der Waals surface area contributed by atoms with E-state index in [-0.39, 0.29) is 5.24 Å². The van der Waals surface area contributed by atoms with Gasteiger partial charge in [0.25, 0.3) is 0 Å². The minimum absolute atomic E-state index is 0.129. The Balaban J connectivity index is 1.61. The first-order valence-electron chi connectivity index (χ1n) is 9.29. The summed E-state index contributed by atoms with van der Waals surface area (Å²) >= 11 is 7.19. The fourth-order valence-electron chi connectivity index (χ4n) is 3.13. The lowest BCUT2D eigenvalue weighted by Gasteiger charge is -2.36. The highest BCUT2D eigenvalue weighted by atomic mass is 35.5. The van der Waals surface area contributed by atoms with Crippen molar-refractivity contribution in [1.82, 2.24) is 9.88 Å². The number of aryl methyl sites for hydroxylation is 1. The molecule has 160 valence electrons. The third-order valence-electron chi connectivity index (χ3n) is 4.76. The van der Waals surface area contributed by atoms with E-state index in [1.165, 1.54) is 14.2 Å². The zero-order valence-corrected chi connectivity index (χ0v) is 18.5. The number of hydrogen-bond acceptors (Lipinski definition) is 8. The average Bonchev–Trinajstić information content (AvgIpc) is 2.77. The van der Waals surface area contributed by atoms with E-state index in [1.807, 2.05) is 24.3 Å². The van der Waals surface area contributed by atoms with Gasteiger partial charge in [-0.25, -0.2) is 9.78 Å². The van der Waals surface area contributed by atoms with Crippen LogP contribution in [0, 0.1) is 6.92 Å². The summed E-state index contributed by atoms with van der Waals surface area (Å²) < 4.78 is 13.0. The van der Waals surface area contributed by atoms with Gasteiger partial charge in [-0.1, -0.05) is 23.7 Å². The molecule has 1 amide bonds. The van der Waals surface area contributed by atoms with Crippen LogP contribution in [0.3, 0.4) is 0 Å². The van der Waals surface area contributed by atoms with E-state index in [2.05, 4.69) is 14.6 Å². The van der Waals surface area contributed by atoms with E-state index in [1.54, 1.807) is 17.9 Å². The molecule has 1 aliphatic rings. The summed E-state index contributed by atoms with van der Waals surface area (Å²) in [4.78, 5) is 32.8. The summed E-state index contributed by atoms with van der Waals surface area (Å²) in [5.41, 5.74) is 2.19. The average molecular weight is 451 g/mol. The summed E-state index contributed by atoms with van der Waals surface area (Å²) in [6.45, 7) is 4.23. The largest absolute Gasteiger partial charge is 0.479 e. The number of aromatic nitrogens is 1. The SMILES string of the molecule is COC(=O)c1cc(NSC(=O)N2CCN(c3ccccc3Cl)CC2)c(OC)nc1C. The monoisotopic (exact) mass is 450 g/mol. The third-order valence-corrected chi connectivity index (χ3v) is 5.83. The number of rotatable bonds is 5. The van der Waals surface area contributed by atoms with Crippen LogP contribution in [0.15, 0.2) is 30.3 Å². The van der Waals surface area contributed by atoms with Gasteiger partial charge in [-0.05, 0) is 25.1 Å². The number of halogens is 1. The first kappa shape index (κ1) is 22.0. The smallest absolute Gasteiger partial charge is 0.339 e. The maximum atomic E-state index is 12.7. The van der Waals surface area contributed by atoms with Gasteiger partial charge in [0.15, 0.2) is 0 Å². The third kappa shape index (κ3) is 4.91. The molecule has 3 rings (SSSR count). The first-order valence-corrected chi connectivity index (χ1v) is 10.5. The maximum Gasteiger partial charge on any atom is 0.339 e. The number of amides is 1. The van der Waals surface area contributed by atoms with Crippen LogP contribution in [0.5, 0.6) is 5.88 Å². The molecule has 8 nitrogen and oxygen atoms in total. The predicted octanol–water partition coefficient (Wildman–Crippen LogP) is 3.84. The summed E-state index contributed by atoms with van der Waals surface area (Å²) in [6.07, 6.45) is 0. The van der Waals surface area contributed by atoms with Gasteiger partial charge in [0.2, 0.25) is 5.88 Å². The van der Waals surface area contributed by atoms with Gasteiger partial charge in [0.1, 0.15) is 5.69 Å². The summed E-state index contributed by atoms with van der Waals surface area (Å²) in [7, 11) is 2.78. The van der Waals surface area contributed by atoms with Gasteiger partial charge in [0.05, 0.1) is 36.2 Å². The highest BCUT2D eigenvalue weighted by molar-refractivity contribution is 8.14. The van der Waals surface area contributed by atoms with Crippen molar-refractivity contribution < 1.29 is 19.1 Å². The van der Waals surface area contributed by atoms with Gasteiger partial charge >= 0.3 is 11.2 Å². The molecule has 1 aromatic carbocycles. The molecule has 10 heteroatoms. The van der Waals surface area contributed by atoms with Crippen LogP contribution in [0.2, 0.25) is 5.02 Å². The number of nitrogens with one attached hydrogen (secondary N) is 1. The Morgan fingerprint density at radius 3 is 2.50 bits per heavy atom. The number of pyridine rings is 1. The van der Waals surface area contributed by atoms with Crippen molar-refractivity contribution >= 4 is 46.1 Å². The van der Waals surface area contributed by atoms with Crippen molar-refractivity contribution in [2.45, 2.75) is 6.92 Å². The second-order valence-electron chi connectivity index (χ2n) is 6.57. The zero-order chi connectivity index (χ0) is 21.7. The molecular weight excluding hydrogens is 428 g/mol.